The molecule has 0 fully saturated rings. The Morgan fingerprint density at radius 2 is 2.28 bits per heavy atom. The number of hydrogen-bond acceptors (Lipinski definition) is 4. The minimum absolute atomic E-state index is 0.100. The topological polar surface area (TPSA) is 45.1 Å². The highest BCUT2D eigenvalue weighted by atomic mass is 32.1. The van der Waals surface area contributed by atoms with Crippen molar-refractivity contribution in [3.8, 4) is 0 Å². The van der Waals surface area contributed by atoms with Gasteiger partial charge in [0.2, 0.25) is 0 Å². The second kappa shape index (κ2) is 5.56. The molecule has 2 N–H and O–H groups in total. The fraction of sp³-hybridized carbons (Fsp3) is 0.308. The van der Waals surface area contributed by atoms with E-state index in [0.29, 0.717) is 12.2 Å². The average molecular weight is 266 g/mol. The molecule has 0 saturated carbocycles. The van der Waals surface area contributed by atoms with Crippen molar-refractivity contribution < 1.29 is 9.50 Å². The molecule has 2 rings (SSSR count). The number of nitrogens with zero attached hydrogens (tertiary/aromatic N) is 1. The minimum atomic E-state index is -0.669. The van der Waals surface area contributed by atoms with Crippen molar-refractivity contribution in [3.63, 3.8) is 0 Å². The van der Waals surface area contributed by atoms with E-state index in [1.54, 1.807) is 17.4 Å². The molecule has 18 heavy (non-hydrogen) atoms. The standard InChI is InChI=1S/C13H15FN2OS/c1-13(9-17,12-5-4-10(14)7-15-12)16-8-11-3-2-6-18-11/h2-7,16-17H,8-9H2,1H3. The maximum absolute atomic E-state index is 12.8. The van der Waals surface area contributed by atoms with Gasteiger partial charge in [-0.25, -0.2) is 4.39 Å². The summed E-state index contributed by atoms with van der Waals surface area (Å²) in [7, 11) is 0. The van der Waals surface area contributed by atoms with Gasteiger partial charge >= 0.3 is 0 Å². The first-order valence-corrected chi connectivity index (χ1v) is 6.52. The highest BCUT2D eigenvalue weighted by Gasteiger charge is 2.26. The molecule has 96 valence electrons. The Bertz CT molecular complexity index is 486. The largest absolute Gasteiger partial charge is 0.394 e. The summed E-state index contributed by atoms with van der Waals surface area (Å²) in [6.07, 6.45) is 1.16. The number of nitrogens with one attached hydrogen (secondary N) is 1. The molecule has 0 aliphatic heterocycles. The summed E-state index contributed by atoms with van der Waals surface area (Å²) >= 11 is 1.65. The van der Waals surface area contributed by atoms with Crippen molar-refractivity contribution in [1.82, 2.24) is 10.3 Å². The number of aromatic nitrogens is 1. The van der Waals surface area contributed by atoms with Gasteiger partial charge in [0.25, 0.3) is 0 Å². The predicted octanol–water partition coefficient (Wildman–Crippen LogP) is 2.28. The molecule has 1 atom stereocenters. The van der Waals surface area contributed by atoms with E-state index < -0.39 is 5.54 Å². The molecule has 0 aliphatic rings. The number of halogens is 1. The Morgan fingerprint density at radius 3 is 2.83 bits per heavy atom. The van der Waals surface area contributed by atoms with E-state index in [-0.39, 0.29) is 12.4 Å². The Hall–Kier alpha value is -1.30. The molecular formula is C13H15FN2OS. The summed E-state index contributed by atoms with van der Waals surface area (Å²) in [5, 5.41) is 14.8. The van der Waals surface area contributed by atoms with Gasteiger partial charge in [0.1, 0.15) is 5.82 Å². The van der Waals surface area contributed by atoms with Crippen LogP contribution in [0.5, 0.6) is 0 Å². The summed E-state index contributed by atoms with van der Waals surface area (Å²) in [4.78, 5) is 5.20. The number of aliphatic hydroxyl groups is 1. The van der Waals surface area contributed by atoms with E-state index in [1.165, 1.54) is 10.9 Å². The molecule has 0 aliphatic carbocycles. The quantitative estimate of drug-likeness (QED) is 0.872. The van der Waals surface area contributed by atoms with E-state index >= 15 is 0 Å². The Kier molecular flexibility index (Phi) is 4.06. The minimum Gasteiger partial charge on any atom is -0.394 e. The van der Waals surface area contributed by atoms with Crippen molar-refractivity contribution in [2.45, 2.75) is 19.0 Å². The molecule has 0 spiro atoms. The van der Waals surface area contributed by atoms with Crippen LogP contribution in [0.25, 0.3) is 0 Å². The van der Waals surface area contributed by atoms with Gasteiger partial charge in [-0.1, -0.05) is 6.07 Å². The van der Waals surface area contributed by atoms with E-state index in [2.05, 4.69) is 10.3 Å². The van der Waals surface area contributed by atoms with Gasteiger partial charge in [0, 0.05) is 11.4 Å². The summed E-state index contributed by atoms with van der Waals surface area (Å²) in [5.41, 5.74) is -0.0412. The lowest BCUT2D eigenvalue weighted by Crippen LogP contribution is -2.43. The van der Waals surface area contributed by atoms with Gasteiger partial charge in [0.05, 0.1) is 24.0 Å². The number of pyridine rings is 1. The number of rotatable bonds is 5. The molecule has 2 aromatic rings. The molecule has 1 unspecified atom stereocenters. The van der Waals surface area contributed by atoms with E-state index in [1.807, 2.05) is 24.4 Å². The normalized spacial score (nSPS) is 14.4. The third-order valence-electron chi connectivity index (χ3n) is 2.84. The molecular weight excluding hydrogens is 251 g/mol. The van der Waals surface area contributed by atoms with Crippen LogP contribution in [-0.4, -0.2) is 16.7 Å². The molecule has 5 heteroatoms. The SMILES string of the molecule is CC(CO)(NCc1cccs1)c1ccc(F)cn1. The van der Waals surface area contributed by atoms with Crippen LogP contribution in [0.15, 0.2) is 35.8 Å². The second-order valence-corrected chi connectivity index (χ2v) is 5.32. The smallest absolute Gasteiger partial charge is 0.141 e. The average Bonchev–Trinajstić information content (AvgIpc) is 2.90. The second-order valence-electron chi connectivity index (χ2n) is 4.28. The molecule has 2 aromatic heterocycles. The van der Waals surface area contributed by atoms with Crippen LogP contribution < -0.4 is 5.32 Å². The third-order valence-corrected chi connectivity index (χ3v) is 3.72. The first-order valence-electron chi connectivity index (χ1n) is 5.64. The zero-order valence-electron chi connectivity index (χ0n) is 10.1. The lowest BCUT2D eigenvalue weighted by Gasteiger charge is -2.28. The van der Waals surface area contributed by atoms with Gasteiger partial charge in [-0.15, -0.1) is 11.3 Å². The number of hydrogen-bond donors (Lipinski definition) is 2. The van der Waals surface area contributed by atoms with Crippen LogP contribution in [-0.2, 0) is 12.1 Å². The highest BCUT2D eigenvalue weighted by molar-refractivity contribution is 7.09. The van der Waals surface area contributed by atoms with Gasteiger partial charge in [0.15, 0.2) is 0 Å². The fourth-order valence-electron chi connectivity index (χ4n) is 1.63. The van der Waals surface area contributed by atoms with E-state index in [9.17, 15) is 9.50 Å². The molecule has 3 nitrogen and oxygen atoms in total. The van der Waals surface area contributed by atoms with Gasteiger partial charge in [-0.2, -0.15) is 0 Å². The van der Waals surface area contributed by atoms with Crippen molar-refractivity contribution >= 4 is 11.3 Å². The summed E-state index contributed by atoms with van der Waals surface area (Å²) < 4.78 is 12.8. The first-order chi connectivity index (χ1) is 8.64. The lowest BCUT2D eigenvalue weighted by atomic mass is 9.98. The number of thiophene rings is 1. The van der Waals surface area contributed by atoms with Crippen LogP contribution in [0.4, 0.5) is 4.39 Å². The molecule has 0 amide bonds. The predicted molar refractivity (Wildman–Crippen MR) is 69.8 cm³/mol. The van der Waals surface area contributed by atoms with Gasteiger partial charge < -0.3 is 5.11 Å². The third kappa shape index (κ3) is 2.93. The summed E-state index contributed by atoms with van der Waals surface area (Å²) in [6, 6.07) is 6.94. The van der Waals surface area contributed by atoms with Crippen LogP contribution in [0.3, 0.4) is 0 Å². The summed E-state index contributed by atoms with van der Waals surface area (Å²) in [5.74, 6) is -0.378. The van der Waals surface area contributed by atoms with Crippen molar-refractivity contribution in [2.24, 2.45) is 0 Å². The maximum atomic E-state index is 12.8. The molecule has 0 aromatic carbocycles. The molecule has 0 bridgehead atoms. The van der Waals surface area contributed by atoms with Crippen molar-refractivity contribution in [1.29, 1.82) is 0 Å². The van der Waals surface area contributed by atoms with Crippen LogP contribution >= 0.6 is 11.3 Å². The van der Waals surface area contributed by atoms with Crippen LogP contribution in [0, 0.1) is 5.82 Å². The zero-order valence-corrected chi connectivity index (χ0v) is 10.9. The Morgan fingerprint density at radius 1 is 1.44 bits per heavy atom. The number of aliphatic hydroxyl groups excluding tert-OH is 1. The molecule has 0 radical (unpaired) electrons. The van der Waals surface area contributed by atoms with Crippen LogP contribution in [0.2, 0.25) is 0 Å². The van der Waals surface area contributed by atoms with Crippen molar-refractivity contribution in [3.05, 3.63) is 52.2 Å². The lowest BCUT2D eigenvalue weighted by molar-refractivity contribution is 0.170. The van der Waals surface area contributed by atoms with Crippen LogP contribution in [0.1, 0.15) is 17.5 Å². The molecule has 0 saturated heterocycles. The molecule has 2 heterocycles. The van der Waals surface area contributed by atoms with Gasteiger partial charge in [-0.05, 0) is 30.5 Å². The highest BCUT2D eigenvalue weighted by Crippen LogP contribution is 2.19. The Labute approximate surface area is 109 Å². The van der Waals surface area contributed by atoms with Crippen molar-refractivity contribution in [2.75, 3.05) is 6.61 Å². The van der Waals surface area contributed by atoms with E-state index in [0.717, 1.165) is 6.20 Å². The van der Waals surface area contributed by atoms with Gasteiger partial charge in [-0.3, -0.25) is 10.3 Å². The van der Waals surface area contributed by atoms with E-state index in [4.69, 9.17) is 0 Å². The zero-order chi connectivity index (χ0) is 13.0. The fourth-order valence-corrected chi connectivity index (χ4v) is 2.27. The maximum Gasteiger partial charge on any atom is 0.141 e. The summed E-state index contributed by atoms with van der Waals surface area (Å²) in [6.45, 7) is 2.39. The Balaban J connectivity index is 2.12. The monoisotopic (exact) mass is 266 g/mol. The first kappa shape index (κ1) is 13.1.